The van der Waals surface area contributed by atoms with Crippen LogP contribution in [0.5, 0.6) is 11.5 Å². The van der Waals surface area contributed by atoms with Gasteiger partial charge in [-0.3, -0.25) is 0 Å². The Morgan fingerprint density at radius 1 is 1.14 bits per heavy atom. The van der Waals surface area contributed by atoms with Crippen molar-refractivity contribution in [3.05, 3.63) is 36.1 Å². The third-order valence-corrected chi connectivity index (χ3v) is 3.30. The van der Waals surface area contributed by atoms with Crippen LogP contribution in [0.15, 0.2) is 30.3 Å². The van der Waals surface area contributed by atoms with Gasteiger partial charge in [0.15, 0.2) is 11.5 Å². The molecule has 0 radical (unpaired) electrons. The minimum absolute atomic E-state index is 0.0653. The van der Waals surface area contributed by atoms with Crippen LogP contribution in [-0.4, -0.2) is 24.2 Å². The number of nitrogen functional groups attached to an aromatic ring is 1. The number of halogens is 1. The van der Waals surface area contributed by atoms with E-state index in [1.54, 1.807) is 38.5 Å². The summed E-state index contributed by atoms with van der Waals surface area (Å²) in [5.41, 5.74) is 7.79. The fourth-order valence-corrected chi connectivity index (χ4v) is 2.21. The Labute approximate surface area is 120 Å². The van der Waals surface area contributed by atoms with E-state index in [9.17, 15) is 4.39 Å². The largest absolute Gasteiger partial charge is 0.493 e. The maximum Gasteiger partial charge on any atom is 0.163 e. The Hall–Kier alpha value is -2.76. The molecular formula is C15H14FN3O2. The van der Waals surface area contributed by atoms with Crippen molar-refractivity contribution >= 4 is 16.7 Å². The molecule has 0 aliphatic rings. The summed E-state index contributed by atoms with van der Waals surface area (Å²) in [6, 6.07) is 8.15. The Morgan fingerprint density at radius 3 is 2.57 bits per heavy atom. The summed E-state index contributed by atoms with van der Waals surface area (Å²) < 4.78 is 24.0. The number of hydrogen-bond acceptors (Lipinski definition) is 4. The van der Waals surface area contributed by atoms with E-state index in [2.05, 4.69) is 9.97 Å². The first-order valence-corrected chi connectivity index (χ1v) is 6.30. The highest BCUT2D eigenvalue weighted by molar-refractivity contribution is 5.85. The molecule has 3 N–H and O–H groups in total. The Balaban J connectivity index is 2.19. The van der Waals surface area contributed by atoms with E-state index in [0.717, 1.165) is 5.52 Å². The Morgan fingerprint density at radius 2 is 1.86 bits per heavy atom. The van der Waals surface area contributed by atoms with Crippen LogP contribution in [0.25, 0.3) is 22.4 Å². The maximum atomic E-state index is 13.6. The van der Waals surface area contributed by atoms with Crippen molar-refractivity contribution in [1.29, 1.82) is 0 Å². The van der Waals surface area contributed by atoms with Crippen molar-refractivity contribution in [1.82, 2.24) is 9.97 Å². The molecule has 0 spiro atoms. The third kappa shape index (κ3) is 2.14. The van der Waals surface area contributed by atoms with Crippen LogP contribution >= 0.6 is 0 Å². The van der Waals surface area contributed by atoms with E-state index in [4.69, 9.17) is 15.2 Å². The molecule has 0 amide bonds. The first-order valence-electron chi connectivity index (χ1n) is 6.30. The Kier molecular flexibility index (Phi) is 3.13. The van der Waals surface area contributed by atoms with Gasteiger partial charge < -0.3 is 20.2 Å². The van der Waals surface area contributed by atoms with Crippen LogP contribution in [0.1, 0.15) is 0 Å². The number of ether oxygens (including phenoxy) is 2. The number of imidazole rings is 1. The van der Waals surface area contributed by atoms with Crippen LogP contribution in [0, 0.1) is 5.82 Å². The number of hydrogen-bond donors (Lipinski definition) is 2. The monoisotopic (exact) mass is 287 g/mol. The number of nitrogens with two attached hydrogens (primary N) is 1. The second kappa shape index (κ2) is 4.97. The van der Waals surface area contributed by atoms with Crippen LogP contribution in [-0.2, 0) is 0 Å². The van der Waals surface area contributed by atoms with Gasteiger partial charge in [-0.25, -0.2) is 9.37 Å². The summed E-state index contributed by atoms with van der Waals surface area (Å²) in [6.45, 7) is 0. The zero-order valence-corrected chi connectivity index (χ0v) is 11.6. The van der Waals surface area contributed by atoms with Gasteiger partial charge in [-0.2, -0.15) is 0 Å². The number of anilines is 1. The lowest BCUT2D eigenvalue weighted by Crippen LogP contribution is -1.94. The molecule has 3 aromatic rings. The number of fused-ring (bicyclic) bond motifs is 1. The number of para-hydroxylation sites is 1. The SMILES string of the molecule is COc1cc2nc(-c3cccc(F)c3N)[nH]c2cc1OC. The van der Waals surface area contributed by atoms with Crippen LogP contribution in [0.4, 0.5) is 10.1 Å². The number of rotatable bonds is 3. The molecular weight excluding hydrogens is 273 g/mol. The molecule has 0 bridgehead atoms. The highest BCUT2D eigenvalue weighted by Crippen LogP contribution is 2.33. The van der Waals surface area contributed by atoms with Crippen LogP contribution < -0.4 is 15.2 Å². The average Bonchev–Trinajstić information content (AvgIpc) is 2.90. The number of benzene rings is 2. The summed E-state index contributed by atoms with van der Waals surface area (Å²) in [4.78, 5) is 7.54. The van der Waals surface area contributed by atoms with Crippen molar-refractivity contribution in [2.75, 3.05) is 20.0 Å². The number of H-pyrrole nitrogens is 1. The fraction of sp³-hybridized carbons (Fsp3) is 0.133. The van der Waals surface area contributed by atoms with Crippen LogP contribution in [0.2, 0.25) is 0 Å². The zero-order valence-electron chi connectivity index (χ0n) is 11.6. The topological polar surface area (TPSA) is 73.2 Å². The molecule has 108 valence electrons. The molecule has 6 heteroatoms. The van der Waals surface area contributed by atoms with Gasteiger partial charge in [-0.15, -0.1) is 0 Å². The summed E-state index contributed by atoms with van der Waals surface area (Å²) in [7, 11) is 3.12. The molecule has 0 aliphatic heterocycles. The second-order valence-electron chi connectivity index (χ2n) is 4.51. The van der Waals surface area contributed by atoms with Gasteiger partial charge in [0.2, 0.25) is 0 Å². The van der Waals surface area contributed by atoms with E-state index < -0.39 is 5.82 Å². The number of aromatic nitrogens is 2. The van der Waals surface area contributed by atoms with Crippen molar-refractivity contribution in [3.8, 4) is 22.9 Å². The molecule has 0 aliphatic carbocycles. The standard InChI is InChI=1S/C15H14FN3O2/c1-20-12-6-10-11(7-13(12)21-2)19-15(18-10)8-4-3-5-9(16)14(8)17/h3-7H,17H2,1-2H3,(H,18,19). The lowest BCUT2D eigenvalue weighted by atomic mass is 10.1. The molecule has 1 aromatic heterocycles. The molecule has 0 saturated heterocycles. The molecule has 1 heterocycles. The van der Waals surface area contributed by atoms with Gasteiger partial charge in [0.25, 0.3) is 0 Å². The van der Waals surface area contributed by atoms with Crippen molar-refractivity contribution in [3.63, 3.8) is 0 Å². The minimum Gasteiger partial charge on any atom is -0.493 e. The van der Waals surface area contributed by atoms with Gasteiger partial charge in [-0.1, -0.05) is 6.07 Å². The Bertz CT molecular complexity index is 773. The molecule has 3 rings (SSSR count). The van der Waals surface area contributed by atoms with E-state index >= 15 is 0 Å². The van der Waals surface area contributed by atoms with Gasteiger partial charge in [0.05, 0.1) is 30.9 Å². The first kappa shape index (κ1) is 13.2. The lowest BCUT2D eigenvalue weighted by Gasteiger charge is -2.06. The highest BCUT2D eigenvalue weighted by Gasteiger charge is 2.13. The number of nitrogens with zero attached hydrogens (tertiary/aromatic N) is 1. The van der Waals surface area contributed by atoms with Crippen molar-refractivity contribution < 1.29 is 13.9 Å². The average molecular weight is 287 g/mol. The van der Waals surface area contributed by atoms with E-state index in [0.29, 0.717) is 28.4 Å². The fourth-order valence-electron chi connectivity index (χ4n) is 2.21. The predicted molar refractivity (Wildman–Crippen MR) is 79.0 cm³/mol. The van der Waals surface area contributed by atoms with E-state index in [-0.39, 0.29) is 5.69 Å². The molecule has 2 aromatic carbocycles. The van der Waals surface area contributed by atoms with Gasteiger partial charge in [0, 0.05) is 17.7 Å². The minimum atomic E-state index is -0.469. The number of aromatic amines is 1. The summed E-state index contributed by atoms with van der Waals surface area (Å²) in [6.07, 6.45) is 0. The lowest BCUT2D eigenvalue weighted by molar-refractivity contribution is 0.356. The third-order valence-electron chi connectivity index (χ3n) is 3.30. The van der Waals surface area contributed by atoms with E-state index in [1.807, 2.05) is 0 Å². The normalized spacial score (nSPS) is 10.8. The summed E-state index contributed by atoms with van der Waals surface area (Å²) in [5.74, 6) is 1.20. The van der Waals surface area contributed by atoms with Gasteiger partial charge >= 0.3 is 0 Å². The molecule has 0 atom stereocenters. The summed E-state index contributed by atoms with van der Waals surface area (Å²) in [5, 5.41) is 0. The zero-order chi connectivity index (χ0) is 15.0. The smallest absolute Gasteiger partial charge is 0.163 e. The first-order chi connectivity index (χ1) is 10.1. The molecule has 0 unspecified atom stereocenters. The highest BCUT2D eigenvalue weighted by atomic mass is 19.1. The molecule has 0 fully saturated rings. The second-order valence-corrected chi connectivity index (χ2v) is 4.51. The maximum absolute atomic E-state index is 13.6. The van der Waals surface area contributed by atoms with E-state index in [1.165, 1.54) is 6.07 Å². The molecule has 5 nitrogen and oxygen atoms in total. The predicted octanol–water partition coefficient (Wildman–Crippen LogP) is 2.97. The van der Waals surface area contributed by atoms with Crippen molar-refractivity contribution in [2.24, 2.45) is 0 Å². The van der Waals surface area contributed by atoms with Gasteiger partial charge in [-0.05, 0) is 12.1 Å². The van der Waals surface area contributed by atoms with Crippen LogP contribution in [0.3, 0.4) is 0 Å². The van der Waals surface area contributed by atoms with Gasteiger partial charge in [0.1, 0.15) is 11.6 Å². The molecule has 21 heavy (non-hydrogen) atoms. The quantitative estimate of drug-likeness (QED) is 0.726. The number of methoxy groups -OCH3 is 2. The van der Waals surface area contributed by atoms with Crippen molar-refractivity contribution in [2.45, 2.75) is 0 Å². The molecule has 0 saturated carbocycles. The number of nitrogens with one attached hydrogen (secondary N) is 1. The summed E-state index contributed by atoms with van der Waals surface area (Å²) >= 11 is 0.